The molecule has 2 aliphatic rings. The van der Waals surface area contributed by atoms with E-state index in [1.807, 2.05) is 50.8 Å². The molecule has 0 unspecified atom stereocenters. The lowest BCUT2D eigenvalue weighted by Crippen LogP contribution is -2.26. The summed E-state index contributed by atoms with van der Waals surface area (Å²) in [6.07, 6.45) is 7.63. The smallest absolute Gasteiger partial charge is 0.0725 e. The summed E-state index contributed by atoms with van der Waals surface area (Å²) in [5.41, 5.74) is 20.3. The van der Waals surface area contributed by atoms with Crippen LogP contribution in [0.3, 0.4) is 0 Å². The Kier molecular flexibility index (Phi) is 6.49. The van der Waals surface area contributed by atoms with E-state index in [9.17, 15) is 0 Å². The largest absolute Gasteiger partial charge is 0.261 e. The van der Waals surface area contributed by atoms with Crippen molar-refractivity contribution in [3.05, 3.63) is 192 Å². The van der Waals surface area contributed by atoms with Gasteiger partial charge >= 0.3 is 0 Å². The minimum atomic E-state index is -0.475. The van der Waals surface area contributed by atoms with Crippen LogP contribution in [0, 0.1) is 13.8 Å². The molecule has 240 valence electrons. The van der Waals surface area contributed by atoms with E-state index >= 15 is 0 Å². The highest BCUT2D eigenvalue weighted by atomic mass is 14.7. The van der Waals surface area contributed by atoms with Crippen LogP contribution in [-0.4, -0.2) is 19.9 Å². The van der Waals surface area contributed by atoms with Crippen LogP contribution < -0.4 is 0 Å². The van der Waals surface area contributed by atoms with Gasteiger partial charge in [-0.1, -0.05) is 72.8 Å². The summed E-state index contributed by atoms with van der Waals surface area (Å²) < 4.78 is 0. The van der Waals surface area contributed by atoms with Gasteiger partial charge in [-0.2, -0.15) is 0 Å². The fourth-order valence-corrected chi connectivity index (χ4v) is 8.27. The SMILES string of the molecule is Cc1ccc(-c2cc(-c3ccc4c(c3)C3(c5ccccc5-c5ccccc53)c3cc(-c5ccnc(-c6ccc(C)nc6)c5)ccc3-4)ccn2)cn1. The fraction of sp³-hybridized carbons (Fsp3) is 0.0638. The Labute approximate surface area is 297 Å². The van der Waals surface area contributed by atoms with Crippen LogP contribution in [0.5, 0.6) is 0 Å². The predicted octanol–water partition coefficient (Wildman–Crippen LogP) is 10.9. The Morgan fingerprint density at radius 1 is 0.353 bits per heavy atom. The lowest BCUT2D eigenvalue weighted by atomic mass is 9.70. The molecule has 4 heterocycles. The number of fused-ring (bicyclic) bond motifs is 10. The molecule has 0 radical (unpaired) electrons. The Morgan fingerprint density at radius 2 is 0.765 bits per heavy atom. The van der Waals surface area contributed by atoms with E-state index in [0.29, 0.717) is 0 Å². The van der Waals surface area contributed by atoms with Gasteiger partial charge in [0.05, 0.1) is 16.8 Å². The van der Waals surface area contributed by atoms with Gasteiger partial charge in [0.1, 0.15) is 0 Å². The molecule has 0 fully saturated rings. The molecule has 4 aromatic carbocycles. The van der Waals surface area contributed by atoms with Crippen LogP contribution in [0.15, 0.2) is 158 Å². The zero-order valence-electron chi connectivity index (χ0n) is 28.3. The van der Waals surface area contributed by atoms with E-state index in [-0.39, 0.29) is 0 Å². The summed E-state index contributed by atoms with van der Waals surface area (Å²) in [5, 5.41) is 0. The quantitative estimate of drug-likeness (QED) is 0.190. The van der Waals surface area contributed by atoms with Crippen molar-refractivity contribution in [2.24, 2.45) is 0 Å². The van der Waals surface area contributed by atoms with E-state index in [1.54, 1.807) is 0 Å². The standard InChI is InChI=1S/C47H32N4/c1-29-11-13-35(27-50-29)45-25-33(19-21-48-45)31-15-17-39-40-18-16-32(34-20-22-49-46(26-34)36-14-12-30(2)51-28-36)24-44(40)47(43(39)23-31)41-9-5-3-7-37(41)38-8-4-6-10-42(38)47/h3-28H,1-2H3. The second-order valence-electron chi connectivity index (χ2n) is 13.6. The van der Waals surface area contributed by atoms with Gasteiger partial charge in [0.25, 0.3) is 0 Å². The number of rotatable bonds is 4. The molecular weight excluding hydrogens is 621 g/mol. The molecule has 0 atom stereocenters. The van der Waals surface area contributed by atoms with Gasteiger partial charge < -0.3 is 0 Å². The van der Waals surface area contributed by atoms with Crippen molar-refractivity contribution in [1.29, 1.82) is 0 Å². The maximum Gasteiger partial charge on any atom is 0.0725 e. The van der Waals surface area contributed by atoms with Gasteiger partial charge in [0.2, 0.25) is 0 Å². The summed E-state index contributed by atoms with van der Waals surface area (Å²) in [4.78, 5) is 18.5. The van der Waals surface area contributed by atoms with E-state index in [4.69, 9.17) is 9.97 Å². The first-order valence-corrected chi connectivity index (χ1v) is 17.4. The zero-order valence-corrected chi connectivity index (χ0v) is 28.3. The summed E-state index contributed by atoms with van der Waals surface area (Å²) in [6.45, 7) is 4.01. The number of benzene rings is 4. The van der Waals surface area contributed by atoms with Crippen molar-refractivity contribution in [2.45, 2.75) is 19.3 Å². The molecule has 0 saturated carbocycles. The van der Waals surface area contributed by atoms with Crippen LogP contribution in [0.4, 0.5) is 0 Å². The number of hydrogen-bond donors (Lipinski definition) is 0. The first-order valence-electron chi connectivity index (χ1n) is 17.4. The average molecular weight is 653 g/mol. The first-order chi connectivity index (χ1) is 25.1. The zero-order chi connectivity index (χ0) is 34.1. The van der Waals surface area contributed by atoms with E-state index in [2.05, 4.69) is 131 Å². The normalized spacial score (nSPS) is 13.1. The van der Waals surface area contributed by atoms with E-state index in [1.165, 1.54) is 44.5 Å². The van der Waals surface area contributed by atoms with Crippen molar-refractivity contribution < 1.29 is 0 Å². The van der Waals surface area contributed by atoms with Gasteiger partial charge in [-0.3, -0.25) is 19.9 Å². The molecule has 10 rings (SSSR count). The van der Waals surface area contributed by atoms with Crippen LogP contribution in [0.1, 0.15) is 33.6 Å². The van der Waals surface area contributed by atoms with Crippen molar-refractivity contribution in [3.63, 3.8) is 0 Å². The van der Waals surface area contributed by atoms with Crippen molar-refractivity contribution in [3.8, 4) is 67.0 Å². The monoisotopic (exact) mass is 652 g/mol. The molecule has 2 aliphatic carbocycles. The minimum absolute atomic E-state index is 0.475. The molecule has 4 heteroatoms. The van der Waals surface area contributed by atoms with Gasteiger partial charge in [0, 0.05) is 47.3 Å². The molecule has 0 saturated heterocycles. The average Bonchev–Trinajstić information content (AvgIpc) is 3.65. The minimum Gasteiger partial charge on any atom is -0.261 e. The molecule has 4 aromatic heterocycles. The molecule has 1 spiro atoms. The van der Waals surface area contributed by atoms with Crippen LogP contribution in [0.2, 0.25) is 0 Å². The lowest BCUT2D eigenvalue weighted by molar-refractivity contribution is 0.794. The number of hydrogen-bond acceptors (Lipinski definition) is 4. The second kappa shape index (κ2) is 11.3. The molecule has 4 nitrogen and oxygen atoms in total. The fourth-order valence-electron chi connectivity index (χ4n) is 8.27. The maximum absolute atomic E-state index is 4.72. The van der Waals surface area contributed by atoms with Gasteiger partial charge in [-0.15, -0.1) is 0 Å². The Bertz CT molecular complexity index is 2470. The molecule has 8 aromatic rings. The summed E-state index contributed by atoms with van der Waals surface area (Å²) in [7, 11) is 0. The van der Waals surface area contributed by atoms with Crippen molar-refractivity contribution >= 4 is 0 Å². The highest BCUT2D eigenvalue weighted by molar-refractivity contribution is 5.97. The highest BCUT2D eigenvalue weighted by Gasteiger charge is 2.51. The third-order valence-corrected chi connectivity index (χ3v) is 10.7. The third kappa shape index (κ3) is 4.46. The van der Waals surface area contributed by atoms with E-state index < -0.39 is 5.41 Å². The van der Waals surface area contributed by atoms with Crippen molar-refractivity contribution in [2.75, 3.05) is 0 Å². The lowest BCUT2D eigenvalue weighted by Gasteiger charge is -2.31. The maximum atomic E-state index is 4.72. The predicted molar refractivity (Wildman–Crippen MR) is 205 cm³/mol. The number of pyridine rings is 4. The summed E-state index contributed by atoms with van der Waals surface area (Å²) >= 11 is 0. The van der Waals surface area contributed by atoms with Crippen molar-refractivity contribution in [1.82, 2.24) is 19.9 Å². The highest BCUT2D eigenvalue weighted by Crippen LogP contribution is 2.63. The van der Waals surface area contributed by atoms with Gasteiger partial charge in [-0.05, 0) is 141 Å². The summed E-state index contributed by atoms with van der Waals surface area (Å²) in [5.74, 6) is 0. The Morgan fingerprint density at radius 3 is 1.22 bits per heavy atom. The first kappa shape index (κ1) is 29.4. The number of aryl methyl sites for hydroxylation is 2. The molecule has 0 N–H and O–H groups in total. The third-order valence-electron chi connectivity index (χ3n) is 10.7. The van der Waals surface area contributed by atoms with Crippen LogP contribution >= 0.6 is 0 Å². The molecule has 0 aliphatic heterocycles. The molecule has 51 heavy (non-hydrogen) atoms. The summed E-state index contributed by atoms with van der Waals surface area (Å²) in [6, 6.07) is 48.8. The van der Waals surface area contributed by atoms with Crippen LogP contribution in [0.25, 0.3) is 67.0 Å². The van der Waals surface area contributed by atoms with Gasteiger partial charge in [-0.25, -0.2) is 0 Å². The molecular formula is C47H32N4. The van der Waals surface area contributed by atoms with Gasteiger partial charge in [0.15, 0.2) is 0 Å². The molecule has 0 amide bonds. The molecule has 0 bridgehead atoms. The second-order valence-corrected chi connectivity index (χ2v) is 13.6. The topological polar surface area (TPSA) is 51.6 Å². The van der Waals surface area contributed by atoms with Crippen LogP contribution in [-0.2, 0) is 5.41 Å². The van der Waals surface area contributed by atoms with E-state index in [0.717, 1.165) is 56.2 Å². The Balaban J connectivity index is 1.18. The number of aromatic nitrogens is 4. The number of nitrogens with zero attached hydrogens (tertiary/aromatic N) is 4. The Hall–Kier alpha value is -6.52.